The second-order valence-corrected chi connectivity index (χ2v) is 40.7. The molecule has 3 N–H and O–H groups in total. The number of aliphatic hydroxyl groups is 2. The van der Waals surface area contributed by atoms with Gasteiger partial charge in [0.2, 0.25) is 0 Å². The van der Waals surface area contributed by atoms with Crippen LogP contribution in [0.25, 0.3) is 11.4 Å². The predicted molar refractivity (Wildman–Crippen MR) is 545 cm³/mol. The number of ether oxygens (including phenoxy) is 2. The van der Waals surface area contributed by atoms with Gasteiger partial charge in [0.05, 0.1) is 98.2 Å². The monoisotopic (exact) mass is 1870 g/mol. The van der Waals surface area contributed by atoms with E-state index in [1.54, 1.807) is 26.6 Å². The Bertz CT molecular complexity index is 4790. The van der Waals surface area contributed by atoms with E-state index in [-0.39, 0.29) is 73.8 Å². The Kier molecular flexibility index (Phi) is 44.3. The Morgan fingerprint density at radius 1 is 0.346 bits per heavy atom. The van der Waals surface area contributed by atoms with Crippen LogP contribution < -0.4 is 31.4 Å². The van der Waals surface area contributed by atoms with Crippen LogP contribution in [0.4, 0.5) is 5.69 Å². The maximum Gasteiger partial charge on any atom is 0.166 e. The van der Waals surface area contributed by atoms with Crippen molar-refractivity contribution in [2.45, 2.75) is 123 Å². The van der Waals surface area contributed by atoms with Crippen molar-refractivity contribution >= 4 is 49.3 Å². The second kappa shape index (κ2) is 56.8. The van der Waals surface area contributed by atoms with E-state index in [4.69, 9.17) is 19.7 Å². The first kappa shape index (κ1) is 101. The van der Waals surface area contributed by atoms with Crippen molar-refractivity contribution < 1.29 is 41.2 Å². The average molecular weight is 1870 g/mol. The summed E-state index contributed by atoms with van der Waals surface area (Å²) in [5, 5.41) is 17.8. The van der Waals surface area contributed by atoms with Crippen molar-refractivity contribution in [1.82, 2.24) is 24.7 Å². The number of quaternary nitrogens is 1. The standard InChI is InChI=1S/C19H17S.3C18H15S.C11H22N2.C11H17NO3.C10H10N2O.C9H21N2.BrH/c1-16-12-14-19(15-13-16)20(17-8-4-2-5-9-17)18-10-6-3-7-11-18;3*1-4-10-16(11-5-1)19(17-12-6-2-7-13-17)18-14-8-3-9-15-18;1-12-9-5-11(6-10-12)13-7-3-2-4-8-13;1-15-11-4-2-10(3-5-11)12(6-8-13)7-9-14;1-13-9-4-2-8(3-5-9)10-11-6-7-12-10;1-10-7-5-9(6-8-10)11(2,3)4;/h2-15H,1H3;3*1-15H;11H,2-10H2,1H3;2-5,13-14H,6-9H2,1H3;2-7H,1H3,(H,11,12);9H,5-8H2,1-4H3;1H/q4*+1;;;;+1;/p-1. The maximum atomic E-state index is 8.88. The lowest BCUT2D eigenvalue weighted by molar-refractivity contribution is -0.897. The molecule has 11 nitrogen and oxygen atoms in total. The SMILES string of the molecule is CN1CCC(N2CCCCC2)CC1.CN1CCC([N+](C)(C)C)CC1.COc1ccc(-c2ncc[nH]2)cc1.COc1ccc(N(CCO)CCO)cc1.Cc1ccc([S+](c2ccccc2)c2ccccc2)cc1.[Br-].c1ccc([S+](c2ccccc2)c2ccccc2)cc1.c1ccc([S+](c2ccccc2)c2ccccc2)cc1.c1ccc([S+](c2ccccc2)c2ccccc2)cc1. The Balaban J connectivity index is 0.000000155. The maximum absolute atomic E-state index is 8.88. The summed E-state index contributed by atoms with van der Waals surface area (Å²) < 4.78 is 11.2. The van der Waals surface area contributed by atoms with Crippen LogP contribution in [0.15, 0.2) is 478 Å². The molecule has 0 aliphatic carbocycles. The number of benzene rings is 14. The number of aryl methyl sites for hydroxylation is 1. The summed E-state index contributed by atoms with van der Waals surface area (Å²) in [5.74, 6) is 2.53. The number of hydrogen-bond acceptors (Lipinski definition) is 9. The number of aromatic amines is 1. The zero-order valence-corrected chi connectivity index (χ0v) is 81.8. The third kappa shape index (κ3) is 33.3. The van der Waals surface area contributed by atoms with Crippen LogP contribution in [0.2, 0.25) is 0 Å². The number of imidazole rings is 1. The molecule has 14 aromatic carbocycles. The molecule has 0 saturated carbocycles. The Labute approximate surface area is 798 Å². The number of nitrogens with one attached hydrogen (secondary N) is 1. The van der Waals surface area contributed by atoms with Crippen molar-refractivity contribution in [3.05, 3.63) is 424 Å². The molecule has 18 rings (SSSR count). The summed E-state index contributed by atoms with van der Waals surface area (Å²) in [6.45, 7) is 11.2. The van der Waals surface area contributed by atoms with Gasteiger partial charge in [-0.05, 0) is 267 Å². The van der Waals surface area contributed by atoms with Gasteiger partial charge in [-0.2, -0.15) is 0 Å². The first-order valence-electron chi connectivity index (χ1n) is 45.0. The molecular formula is C114H132BrN7O4S4+4. The molecule has 0 amide bonds. The fourth-order valence-electron chi connectivity index (χ4n) is 15.4. The summed E-state index contributed by atoms with van der Waals surface area (Å²) >= 11 is 0. The third-order valence-corrected chi connectivity index (χ3v) is 31.4. The summed E-state index contributed by atoms with van der Waals surface area (Å²) in [5.41, 5.74) is 3.34. The number of piperidine rings is 3. The molecule has 674 valence electrons. The van der Waals surface area contributed by atoms with Crippen molar-refractivity contribution in [3.8, 4) is 22.9 Å². The van der Waals surface area contributed by atoms with E-state index in [0.717, 1.165) is 45.1 Å². The van der Waals surface area contributed by atoms with Gasteiger partial charge in [-0.3, -0.25) is 0 Å². The smallest absolute Gasteiger partial charge is 0.166 e. The van der Waals surface area contributed by atoms with Gasteiger partial charge in [0, 0.05) is 68.7 Å². The number of aromatic nitrogens is 2. The molecule has 0 spiro atoms. The van der Waals surface area contributed by atoms with E-state index in [1.165, 1.54) is 149 Å². The Hall–Kier alpha value is -10.7. The van der Waals surface area contributed by atoms with Crippen LogP contribution >= 0.6 is 0 Å². The second-order valence-electron chi connectivity index (χ2n) is 32.6. The molecule has 3 saturated heterocycles. The number of halogens is 1. The van der Waals surface area contributed by atoms with Gasteiger partial charge in [-0.1, -0.05) is 224 Å². The van der Waals surface area contributed by atoms with Gasteiger partial charge in [0.15, 0.2) is 58.7 Å². The fraction of sp³-hybridized carbons (Fsp3) is 0.237. The van der Waals surface area contributed by atoms with E-state index in [1.807, 2.05) is 53.4 Å². The van der Waals surface area contributed by atoms with Crippen LogP contribution in [0.1, 0.15) is 50.5 Å². The number of anilines is 1. The average Bonchev–Trinajstić information content (AvgIpc) is 0.829. The zero-order valence-electron chi connectivity index (χ0n) is 76.9. The lowest BCUT2D eigenvalue weighted by Gasteiger charge is -2.39. The number of aliphatic hydroxyl groups excluding tert-OH is 2. The highest BCUT2D eigenvalue weighted by Crippen LogP contribution is 2.36. The zero-order chi connectivity index (χ0) is 90.3. The van der Waals surface area contributed by atoms with E-state index in [9.17, 15) is 0 Å². The third-order valence-electron chi connectivity index (χ3n) is 22.4. The van der Waals surface area contributed by atoms with E-state index >= 15 is 0 Å². The summed E-state index contributed by atoms with van der Waals surface area (Å²) in [6.07, 6.45) is 13.4. The topological polar surface area (TPSA) is 101 Å². The van der Waals surface area contributed by atoms with Gasteiger partial charge in [0.1, 0.15) is 17.3 Å². The quantitative estimate of drug-likeness (QED) is 0.0452. The van der Waals surface area contributed by atoms with Gasteiger partial charge in [-0.15, -0.1) is 0 Å². The number of methoxy groups -OCH3 is 2. The van der Waals surface area contributed by atoms with Crippen LogP contribution in [0.5, 0.6) is 11.5 Å². The van der Waals surface area contributed by atoms with Gasteiger partial charge in [0.25, 0.3) is 0 Å². The molecule has 0 unspecified atom stereocenters. The van der Waals surface area contributed by atoms with E-state index in [0.29, 0.717) is 13.1 Å². The lowest BCUT2D eigenvalue weighted by Crippen LogP contribution is -3.00. The number of H-pyrrole nitrogens is 1. The highest BCUT2D eigenvalue weighted by atomic mass is 79.9. The minimum Gasteiger partial charge on any atom is -1.00 e. The summed E-state index contributed by atoms with van der Waals surface area (Å²) in [4.78, 5) is 33.1. The summed E-state index contributed by atoms with van der Waals surface area (Å²) in [7, 11) is 14.6. The van der Waals surface area contributed by atoms with Crippen LogP contribution in [-0.4, -0.2) is 166 Å². The number of nitrogens with zero attached hydrogens (tertiary/aromatic N) is 6. The summed E-state index contributed by atoms with van der Waals surface area (Å²) in [6, 6.07) is 144. The molecule has 3 fully saturated rings. The van der Waals surface area contributed by atoms with Crippen molar-refractivity contribution in [2.75, 3.05) is 120 Å². The molecule has 4 heterocycles. The van der Waals surface area contributed by atoms with Crippen LogP contribution in [0.3, 0.4) is 0 Å². The number of likely N-dealkylation sites (tertiary alicyclic amines) is 3. The molecule has 16 heteroatoms. The minimum atomic E-state index is -0.0229. The lowest BCUT2D eigenvalue weighted by atomic mass is 10.0. The molecule has 0 atom stereocenters. The fourth-order valence-corrected chi connectivity index (χ4v) is 23.8. The first-order valence-corrected chi connectivity index (χ1v) is 49.9. The minimum absolute atomic E-state index is 0. The highest BCUT2D eigenvalue weighted by molar-refractivity contribution is 7.98. The largest absolute Gasteiger partial charge is 1.00 e. The molecule has 1 aromatic heterocycles. The van der Waals surface area contributed by atoms with Crippen LogP contribution in [0, 0.1) is 6.92 Å². The van der Waals surface area contributed by atoms with Crippen molar-refractivity contribution in [1.29, 1.82) is 0 Å². The molecule has 3 aliphatic rings. The first-order chi connectivity index (χ1) is 63.3. The molecule has 3 aliphatic heterocycles. The molecule has 0 radical (unpaired) electrons. The predicted octanol–water partition coefficient (Wildman–Crippen LogP) is 21.4. The molecule has 0 bridgehead atoms. The molecular weight excluding hydrogens is 1740 g/mol. The number of rotatable bonds is 22. The van der Waals surface area contributed by atoms with E-state index in [2.05, 4.69) is 425 Å². The van der Waals surface area contributed by atoms with Crippen LogP contribution in [-0.2, 0) is 43.6 Å². The number of hydrogen-bond donors (Lipinski definition) is 3. The van der Waals surface area contributed by atoms with Crippen molar-refractivity contribution in [2.24, 2.45) is 0 Å². The highest BCUT2D eigenvalue weighted by Gasteiger charge is 2.33. The van der Waals surface area contributed by atoms with Gasteiger partial charge >= 0.3 is 0 Å². The van der Waals surface area contributed by atoms with Gasteiger partial charge in [-0.25, -0.2) is 4.98 Å². The van der Waals surface area contributed by atoms with Crippen molar-refractivity contribution in [3.63, 3.8) is 0 Å². The van der Waals surface area contributed by atoms with Gasteiger partial charge < -0.3 is 65.7 Å². The Morgan fingerprint density at radius 2 is 0.608 bits per heavy atom. The normalized spacial score (nSPS) is 13.4. The van der Waals surface area contributed by atoms with E-state index < -0.39 is 0 Å². The molecule has 130 heavy (non-hydrogen) atoms. The molecule has 15 aromatic rings. The Morgan fingerprint density at radius 3 is 0.854 bits per heavy atom.